The number of amides is 1. The Hall–Kier alpha value is -4.12. The highest BCUT2D eigenvalue weighted by Crippen LogP contribution is 2.33. The lowest BCUT2D eigenvalue weighted by molar-refractivity contribution is -0.133. The number of aromatic nitrogens is 7. The summed E-state index contributed by atoms with van der Waals surface area (Å²) in [4.78, 5) is 24.4. The van der Waals surface area contributed by atoms with Crippen molar-refractivity contribution in [1.82, 2.24) is 45.4 Å². The van der Waals surface area contributed by atoms with Crippen molar-refractivity contribution in [3.05, 3.63) is 71.1 Å². The van der Waals surface area contributed by atoms with Crippen molar-refractivity contribution in [3.63, 3.8) is 0 Å². The van der Waals surface area contributed by atoms with Gasteiger partial charge in [0.2, 0.25) is 11.9 Å². The molecule has 5 heterocycles. The van der Waals surface area contributed by atoms with E-state index in [1.165, 1.54) is 11.1 Å². The van der Waals surface area contributed by atoms with E-state index < -0.39 is 0 Å². The van der Waals surface area contributed by atoms with E-state index in [1.54, 1.807) is 4.68 Å². The molecule has 0 unspecified atom stereocenters. The normalized spacial score (nSPS) is 17.7. The second kappa shape index (κ2) is 10.2. The molecule has 11 nitrogen and oxygen atoms in total. The fourth-order valence-electron chi connectivity index (χ4n) is 6.08. The molecule has 0 spiro atoms. The van der Waals surface area contributed by atoms with Crippen molar-refractivity contribution < 1.29 is 4.79 Å². The molecule has 7 rings (SSSR count). The number of hydrogen-bond donors (Lipinski definition) is 3. The molecule has 0 saturated carbocycles. The highest BCUT2D eigenvalue weighted by atomic mass is 16.2. The van der Waals surface area contributed by atoms with Crippen molar-refractivity contribution in [2.24, 2.45) is 0 Å². The first kappa shape index (κ1) is 24.0. The first-order valence-electron chi connectivity index (χ1n) is 13.8. The van der Waals surface area contributed by atoms with Crippen molar-refractivity contribution in [1.29, 1.82) is 0 Å². The highest BCUT2D eigenvalue weighted by molar-refractivity contribution is 5.76. The molecule has 3 aliphatic rings. The lowest BCUT2D eigenvalue weighted by atomic mass is 9.91. The minimum absolute atomic E-state index is 0.0305. The maximum Gasteiger partial charge on any atom is 0.244 e. The highest BCUT2D eigenvalue weighted by Gasteiger charge is 2.27. The lowest BCUT2D eigenvalue weighted by Gasteiger charge is -2.25. The van der Waals surface area contributed by atoms with Crippen LogP contribution in [-0.4, -0.2) is 71.6 Å². The number of carbonyl (C=O) groups is 1. The molecule has 2 aliphatic heterocycles. The average molecular weight is 525 g/mol. The van der Waals surface area contributed by atoms with Gasteiger partial charge in [0.15, 0.2) is 0 Å². The van der Waals surface area contributed by atoms with Crippen molar-refractivity contribution in [3.8, 4) is 11.1 Å². The molecular weight excluding hydrogens is 492 g/mol. The molecule has 1 saturated heterocycles. The minimum Gasteiger partial charge on any atom is -0.351 e. The van der Waals surface area contributed by atoms with Gasteiger partial charge in [-0.1, -0.05) is 29.5 Å². The Morgan fingerprint density at radius 3 is 2.62 bits per heavy atom. The van der Waals surface area contributed by atoms with Gasteiger partial charge in [-0.2, -0.15) is 5.10 Å². The first-order chi connectivity index (χ1) is 19.2. The average Bonchev–Trinajstić information content (AvgIpc) is 3.71. The van der Waals surface area contributed by atoms with Crippen LogP contribution in [0.4, 0.5) is 5.95 Å². The van der Waals surface area contributed by atoms with E-state index in [0.717, 1.165) is 73.4 Å². The topological polar surface area (TPSA) is 130 Å². The van der Waals surface area contributed by atoms with Crippen LogP contribution in [0.3, 0.4) is 0 Å². The zero-order valence-corrected chi connectivity index (χ0v) is 21.8. The Bertz CT molecular complexity index is 1440. The minimum atomic E-state index is 0.0305. The number of rotatable bonds is 6. The maximum atomic E-state index is 13.2. The second-order valence-electron chi connectivity index (χ2n) is 10.8. The molecule has 39 heavy (non-hydrogen) atoms. The Morgan fingerprint density at radius 1 is 1.08 bits per heavy atom. The molecule has 1 aromatic carbocycles. The summed E-state index contributed by atoms with van der Waals surface area (Å²) in [5.74, 6) is 1.00. The van der Waals surface area contributed by atoms with Gasteiger partial charge in [0.05, 0.1) is 17.9 Å². The van der Waals surface area contributed by atoms with E-state index in [1.807, 2.05) is 23.5 Å². The van der Waals surface area contributed by atoms with Crippen LogP contribution in [0, 0.1) is 0 Å². The molecule has 0 bridgehead atoms. The monoisotopic (exact) mass is 524 g/mol. The molecule has 0 radical (unpaired) electrons. The molecule has 200 valence electrons. The van der Waals surface area contributed by atoms with E-state index in [9.17, 15) is 4.79 Å². The quantitative estimate of drug-likeness (QED) is 0.350. The molecule has 1 fully saturated rings. The largest absolute Gasteiger partial charge is 0.351 e. The van der Waals surface area contributed by atoms with Gasteiger partial charge in [-0.15, -0.1) is 5.10 Å². The molecule has 11 heteroatoms. The molecule has 3 N–H and O–H groups in total. The molecule has 4 aromatic rings. The van der Waals surface area contributed by atoms with E-state index in [-0.39, 0.29) is 12.5 Å². The fraction of sp³-hybridized carbons (Fsp3) is 0.429. The number of nitrogens with one attached hydrogen (secondary N) is 3. The van der Waals surface area contributed by atoms with Gasteiger partial charge in [0, 0.05) is 54.6 Å². The Morgan fingerprint density at radius 2 is 1.85 bits per heavy atom. The van der Waals surface area contributed by atoms with Crippen LogP contribution in [0.5, 0.6) is 0 Å². The van der Waals surface area contributed by atoms with E-state index >= 15 is 0 Å². The van der Waals surface area contributed by atoms with E-state index in [0.29, 0.717) is 31.0 Å². The Balaban J connectivity index is 1.09. The Kier molecular flexibility index (Phi) is 6.28. The van der Waals surface area contributed by atoms with Gasteiger partial charge in [0.25, 0.3) is 0 Å². The number of benzene rings is 1. The standard InChI is InChI=1S/C28H32N10O/c39-26(37-10-7-24-25(16-37)34-36-33-24)17-38-15-23(27(35-38)18-5-8-29-9-6-18)21-13-30-28(31-14-21)32-22-11-19-3-1-2-4-20(19)12-22/h1-4,13-15,18,22,29H,5-12,16-17H2,(H,30,31,32)(H,33,34,36). The van der Waals surface area contributed by atoms with Crippen LogP contribution in [-0.2, 0) is 37.1 Å². The van der Waals surface area contributed by atoms with E-state index in [2.05, 4.69) is 60.3 Å². The number of aromatic amines is 1. The summed E-state index contributed by atoms with van der Waals surface area (Å²) >= 11 is 0. The smallest absolute Gasteiger partial charge is 0.244 e. The van der Waals surface area contributed by atoms with Gasteiger partial charge in [-0.3, -0.25) is 14.6 Å². The van der Waals surface area contributed by atoms with Crippen LogP contribution in [0.25, 0.3) is 11.1 Å². The number of H-pyrrole nitrogens is 1. The number of piperidine rings is 1. The zero-order valence-electron chi connectivity index (χ0n) is 21.8. The maximum absolute atomic E-state index is 13.2. The second-order valence-corrected chi connectivity index (χ2v) is 10.8. The summed E-state index contributed by atoms with van der Waals surface area (Å²) in [6.07, 6.45) is 10.5. The summed E-state index contributed by atoms with van der Waals surface area (Å²) in [6.45, 7) is 3.25. The van der Waals surface area contributed by atoms with Crippen molar-refractivity contribution in [2.75, 3.05) is 25.0 Å². The third-order valence-electron chi connectivity index (χ3n) is 8.19. The number of anilines is 1. The molecule has 1 amide bonds. The number of hydrogen-bond acceptors (Lipinski definition) is 8. The fourth-order valence-corrected chi connectivity index (χ4v) is 6.08. The summed E-state index contributed by atoms with van der Waals surface area (Å²) in [7, 11) is 0. The molecule has 1 aliphatic carbocycles. The zero-order chi connectivity index (χ0) is 26.2. The number of fused-ring (bicyclic) bond motifs is 2. The lowest BCUT2D eigenvalue weighted by Crippen LogP contribution is -2.38. The van der Waals surface area contributed by atoms with Crippen LogP contribution >= 0.6 is 0 Å². The molecule has 3 aromatic heterocycles. The summed E-state index contributed by atoms with van der Waals surface area (Å²) in [5, 5.41) is 22.8. The summed E-state index contributed by atoms with van der Waals surface area (Å²) in [6, 6.07) is 8.89. The predicted molar refractivity (Wildman–Crippen MR) is 145 cm³/mol. The summed E-state index contributed by atoms with van der Waals surface area (Å²) < 4.78 is 1.79. The van der Waals surface area contributed by atoms with E-state index in [4.69, 9.17) is 5.10 Å². The molecular formula is C28H32N10O. The first-order valence-corrected chi connectivity index (χ1v) is 13.8. The third kappa shape index (κ3) is 4.89. The van der Waals surface area contributed by atoms with Crippen LogP contribution in [0.15, 0.2) is 42.9 Å². The third-order valence-corrected chi connectivity index (χ3v) is 8.19. The van der Waals surface area contributed by atoms with Crippen LogP contribution < -0.4 is 10.6 Å². The predicted octanol–water partition coefficient (Wildman–Crippen LogP) is 2.09. The molecule has 0 atom stereocenters. The SMILES string of the molecule is O=C(Cn1cc(-c2cnc(NC3Cc4ccccc4C3)nc2)c(C2CCNCC2)n1)N1CCc2[nH]nnc2C1. The van der Waals surface area contributed by atoms with Gasteiger partial charge in [-0.25, -0.2) is 9.97 Å². The Labute approximate surface area is 226 Å². The van der Waals surface area contributed by atoms with Crippen LogP contribution in [0.1, 0.15) is 47.0 Å². The summed E-state index contributed by atoms with van der Waals surface area (Å²) in [5.41, 5.74) is 7.61. The van der Waals surface area contributed by atoms with Crippen molar-refractivity contribution >= 4 is 11.9 Å². The number of carbonyl (C=O) groups excluding carboxylic acids is 1. The van der Waals surface area contributed by atoms with Crippen LogP contribution in [0.2, 0.25) is 0 Å². The number of nitrogens with zero attached hydrogens (tertiary/aromatic N) is 7. The van der Waals surface area contributed by atoms with Gasteiger partial charge in [0.1, 0.15) is 12.2 Å². The van der Waals surface area contributed by atoms with Gasteiger partial charge < -0.3 is 15.5 Å². The van der Waals surface area contributed by atoms with Crippen molar-refractivity contribution in [2.45, 2.75) is 57.2 Å². The van der Waals surface area contributed by atoms with Gasteiger partial charge in [-0.05, 0) is 49.9 Å². The van der Waals surface area contributed by atoms with Gasteiger partial charge >= 0.3 is 0 Å².